The first-order chi connectivity index (χ1) is 34.0. The highest BCUT2D eigenvalue weighted by atomic mass is 16.6. The van der Waals surface area contributed by atoms with E-state index in [-0.39, 0.29) is 31.1 Å². The van der Waals surface area contributed by atoms with Crippen LogP contribution in [-0.2, 0) is 28.6 Å². The summed E-state index contributed by atoms with van der Waals surface area (Å²) in [6.45, 7) is 6.20. The molecule has 6 nitrogen and oxygen atoms in total. The summed E-state index contributed by atoms with van der Waals surface area (Å²) in [5.41, 5.74) is 0. The first kappa shape index (κ1) is 64.3. The lowest BCUT2D eigenvalue weighted by molar-refractivity contribution is -0.167. The Morgan fingerprint density at radius 2 is 0.594 bits per heavy atom. The van der Waals surface area contributed by atoms with E-state index in [9.17, 15) is 14.4 Å². The van der Waals surface area contributed by atoms with Gasteiger partial charge in [0, 0.05) is 19.3 Å². The molecular formula is C63H98O6. The van der Waals surface area contributed by atoms with Crippen LogP contribution in [0.1, 0.15) is 213 Å². The molecule has 1 atom stereocenters. The number of esters is 3. The molecule has 0 aromatic carbocycles. The summed E-state index contributed by atoms with van der Waals surface area (Å²) < 4.78 is 16.8. The van der Waals surface area contributed by atoms with Gasteiger partial charge in [0.25, 0.3) is 0 Å². The maximum Gasteiger partial charge on any atom is 0.306 e. The Balaban J connectivity index is 4.50. The van der Waals surface area contributed by atoms with Gasteiger partial charge < -0.3 is 14.2 Å². The van der Waals surface area contributed by atoms with Crippen molar-refractivity contribution in [3.05, 3.63) is 146 Å². The number of unbranched alkanes of at least 4 members (excludes halogenated alkanes) is 15. The summed E-state index contributed by atoms with van der Waals surface area (Å²) in [4.78, 5) is 38.1. The highest BCUT2D eigenvalue weighted by Crippen LogP contribution is 2.13. The van der Waals surface area contributed by atoms with Crippen molar-refractivity contribution in [2.45, 2.75) is 219 Å². The van der Waals surface area contributed by atoms with Crippen LogP contribution in [0.25, 0.3) is 0 Å². The molecule has 0 saturated carbocycles. The summed E-state index contributed by atoms with van der Waals surface area (Å²) in [5.74, 6) is -0.986. The molecule has 0 saturated heterocycles. The van der Waals surface area contributed by atoms with E-state index in [0.29, 0.717) is 19.3 Å². The minimum atomic E-state index is -0.815. The van der Waals surface area contributed by atoms with Gasteiger partial charge in [-0.2, -0.15) is 0 Å². The van der Waals surface area contributed by atoms with Crippen molar-refractivity contribution < 1.29 is 28.6 Å². The van der Waals surface area contributed by atoms with Gasteiger partial charge in [0.15, 0.2) is 6.10 Å². The Morgan fingerprint density at radius 1 is 0.304 bits per heavy atom. The molecule has 386 valence electrons. The van der Waals surface area contributed by atoms with E-state index in [1.165, 1.54) is 25.7 Å². The average Bonchev–Trinajstić information content (AvgIpc) is 3.35. The highest BCUT2D eigenvalue weighted by molar-refractivity contribution is 5.71. The van der Waals surface area contributed by atoms with Crippen LogP contribution in [0, 0.1) is 0 Å². The predicted octanol–water partition coefficient (Wildman–Crippen LogP) is 18.4. The Morgan fingerprint density at radius 3 is 1.00 bits per heavy atom. The molecule has 0 rings (SSSR count). The van der Waals surface area contributed by atoms with Gasteiger partial charge in [0.2, 0.25) is 0 Å². The third kappa shape index (κ3) is 54.1. The molecule has 6 heteroatoms. The van der Waals surface area contributed by atoms with Crippen molar-refractivity contribution >= 4 is 17.9 Å². The number of ether oxygens (including phenoxy) is 3. The van der Waals surface area contributed by atoms with Gasteiger partial charge in [-0.3, -0.25) is 14.4 Å². The van der Waals surface area contributed by atoms with Crippen LogP contribution < -0.4 is 0 Å². The number of carbonyl (C=O) groups is 3. The van der Waals surface area contributed by atoms with Gasteiger partial charge in [-0.05, 0) is 116 Å². The van der Waals surface area contributed by atoms with Crippen molar-refractivity contribution in [3.8, 4) is 0 Å². The van der Waals surface area contributed by atoms with Crippen molar-refractivity contribution in [1.82, 2.24) is 0 Å². The molecule has 0 aromatic rings. The van der Waals surface area contributed by atoms with Crippen LogP contribution in [-0.4, -0.2) is 37.2 Å². The quantitative estimate of drug-likeness (QED) is 0.0199. The van der Waals surface area contributed by atoms with E-state index in [0.717, 1.165) is 148 Å². The normalized spacial score (nSPS) is 13.3. The first-order valence-corrected chi connectivity index (χ1v) is 27.4. The molecule has 0 aromatic heterocycles. The van der Waals surface area contributed by atoms with Gasteiger partial charge in [0.05, 0.1) is 0 Å². The van der Waals surface area contributed by atoms with Crippen molar-refractivity contribution in [1.29, 1.82) is 0 Å². The fourth-order valence-electron chi connectivity index (χ4n) is 6.90. The monoisotopic (exact) mass is 951 g/mol. The fraction of sp³-hybridized carbons (Fsp3) is 0.571. The molecule has 0 heterocycles. The molecule has 0 bridgehead atoms. The minimum Gasteiger partial charge on any atom is -0.462 e. The maximum atomic E-state index is 12.8. The number of allylic oxidation sites excluding steroid dienone is 24. The Labute approximate surface area is 423 Å². The zero-order chi connectivity index (χ0) is 50.0. The molecule has 69 heavy (non-hydrogen) atoms. The highest BCUT2D eigenvalue weighted by Gasteiger charge is 2.19. The summed E-state index contributed by atoms with van der Waals surface area (Å²) in [5, 5.41) is 0. The van der Waals surface area contributed by atoms with Crippen LogP contribution in [0.3, 0.4) is 0 Å². The molecule has 0 aliphatic heterocycles. The van der Waals surface area contributed by atoms with Gasteiger partial charge in [0.1, 0.15) is 13.2 Å². The Hall–Kier alpha value is -4.71. The number of rotatable bonds is 47. The smallest absolute Gasteiger partial charge is 0.306 e. The Bertz CT molecular complexity index is 1560. The zero-order valence-electron chi connectivity index (χ0n) is 44.0. The first-order valence-electron chi connectivity index (χ1n) is 27.4. The van der Waals surface area contributed by atoms with Gasteiger partial charge in [-0.15, -0.1) is 0 Å². The van der Waals surface area contributed by atoms with E-state index in [1.807, 2.05) is 36.5 Å². The topological polar surface area (TPSA) is 78.9 Å². The molecule has 0 spiro atoms. The Kier molecular flexibility index (Phi) is 52.1. The van der Waals surface area contributed by atoms with Crippen molar-refractivity contribution in [2.24, 2.45) is 0 Å². The van der Waals surface area contributed by atoms with Crippen LogP contribution >= 0.6 is 0 Å². The minimum absolute atomic E-state index is 0.111. The summed E-state index contributed by atoms with van der Waals surface area (Å²) in [6.07, 6.45) is 79.7. The van der Waals surface area contributed by atoms with Crippen LogP contribution in [0.2, 0.25) is 0 Å². The fourth-order valence-corrected chi connectivity index (χ4v) is 6.90. The van der Waals surface area contributed by atoms with Gasteiger partial charge in [-0.1, -0.05) is 224 Å². The second-order valence-electron chi connectivity index (χ2n) is 17.4. The molecule has 0 fully saturated rings. The predicted molar refractivity (Wildman–Crippen MR) is 297 cm³/mol. The van der Waals surface area contributed by atoms with E-state index >= 15 is 0 Å². The molecule has 0 radical (unpaired) electrons. The zero-order valence-corrected chi connectivity index (χ0v) is 44.0. The second-order valence-corrected chi connectivity index (χ2v) is 17.4. The largest absolute Gasteiger partial charge is 0.462 e. The SMILES string of the molecule is CC/C=C/C=C/C=C/C=C/CCCCCC(=O)OCC(COC(=O)CCCCCCCC/C=C/C/C=C/C/C=C/C/C=C/CC)OC(=O)CCCCCCCC/C=C/C/C=C/C/C=C/C/C=C/CC. The van der Waals surface area contributed by atoms with Crippen LogP contribution in [0.15, 0.2) is 146 Å². The lowest BCUT2D eigenvalue weighted by Gasteiger charge is -2.18. The van der Waals surface area contributed by atoms with Gasteiger partial charge in [-0.25, -0.2) is 0 Å². The second kappa shape index (κ2) is 55.9. The van der Waals surface area contributed by atoms with E-state index in [1.54, 1.807) is 0 Å². The van der Waals surface area contributed by atoms with Crippen molar-refractivity contribution in [3.63, 3.8) is 0 Å². The van der Waals surface area contributed by atoms with Gasteiger partial charge >= 0.3 is 17.9 Å². The lowest BCUT2D eigenvalue weighted by atomic mass is 10.1. The lowest BCUT2D eigenvalue weighted by Crippen LogP contribution is -2.30. The molecule has 0 aliphatic carbocycles. The molecule has 0 amide bonds. The third-order valence-electron chi connectivity index (χ3n) is 10.9. The number of hydrogen-bond donors (Lipinski definition) is 0. The van der Waals surface area contributed by atoms with Crippen molar-refractivity contribution in [2.75, 3.05) is 13.2 Å². The summed E-state index contributed by atoms with van der Waals surface area (Å²) >= 11 is 0. The van der Waals surface area contributed by atoms with Crippen LogP contribution in [0.5, 0.6) is 0 Å². The van der Waals surface area contributed by atoms with E-state index in [2.05, 4.69) is 130 Å². The van der Waals surface area contributed by atoms with E-state index < -0.39 is 6.10 Å². The maximum absolute atomic E-state index is 12.8. The summed E-state index contributed by atoms with van der Waals surface area (Å²) in [6, 6.07) is 0. The molecule has 0 aliphatic rings. The third-order valence-corrected chi connectivity index (χ3v) is 10.9. The number of hydrogen-bond acceptors (Lipinski definition) is 6. The van der Waals surface area contributed by atoms with Crippen LogP contribution in [0.4, 0.5) is 0 Å². The summed E-state index contributed by atoms with van der Waals surface area (Å²) in [7, 11) is 0. The molecule has 1 unspecified atom stereocenters. The molecular weight excluding hydrogens is 853 g/mol. The average molecular weight is 951 g/mol. The number of carbonyl (C=O) groups excluding carboxylic acids is 3. The standard InChI is InChI=1S/C63H98O6/c1-4-7-10-13-16-19-22-25-27-29-31-33-35-38-41-44-47-50-53-56-62(65)68-59-60(58-67-61(64)55-52-49-46-43-40-37-24-21-18-15-12-9-6-3)69-63(66)57-54-51-48-45-42-39-36-34-32-30-28-26-23-20-17-14-11-8-5-2/h7-12,15-21,24-28,31-34,37,40,60H,4-6,13-14,22-23,29-30,35-36,38-39,41-59H2,1-3H3/b10-7+,11-8+,12-9+,18-15+,19-16+,20-17+,24-21+,27-25+,28-26+,33-31+,34-32+,40-37+. The molecule has 0 N–H and O–H groups in total. The van der Waals surface area contributed by atoms with E-state index in [4.69, 9.17) is 14.2 Å².